The molecule has 0 aromatic carbocycles. The van der Waals surface area contributed by atoms with Crippen LogP contribution in [0.2, 0.25) is 0 Å². The van der Waals surface area contributed by atoms with Gasteiger partial charge in [0.25, 0.3) is 0 Å². The first-order valence-electron chi connectivity index (χ1n) is 3.79. The molecule has 0 rings (SSSR count). The van der Waals surface area contributed by atoms with Gasteiger partial charge in [-0.25, -0.2) is 0 Å². The second-order valence-corrected chi connectivity index (χ2v) is 2.64. The van der Waals surface area contributed by atoms with Gasteiger partial charge in [0, 0.05) is 20.5 Å². The summed E-state index contributed by atoms with van der Waals surface area (Å²) in [5.74, 6) is -0.885. The van der Waals surface area contributed by atoms with Crippen LogP contribution in [0, 0.1) is 0 Å². The lowest BCUT2D eigenvalue weighted by molar-refractivity contribution is -0.132. The minimum Gasteiger partial charge on any atom is -0.303 e. The van der Waals surface area contributed by atoms with Crippen LogP contribution in [0.5, 0.6) is 0 Å². The Labute approximate surface area is 72.2 Å². The minimum absolute atomic E-state index is 0.235. The van der Waals surface area contributed by atoms with Crippen LogP contribution in [0.1, 0.15) is 20.3 Å². The summed E-state index contributed by atoms with van der Waals surface area (Å²) in [4.78, 5) is 22.0. The second-order valence-electron chi connectivity index (χ2n) is 2.64. The van der Waals surface area contributed by atoms with Gasteiger partial charge in [-0.15, -0.1) is 0 Å². The van der Waals surface area contributed by atoms with E-state index >= 15 is 0 Å². The van der Waals surface area contributed by atoms with Gasteiger partial charge in [0.2, 0.25) is 11.6 Å². The summed E-state index contributed by atoms with van der Waals surface area (Å²) < 4.78 is 0. The van der Waals surface area contributed by atoms with Crippen molar-refractivity contribution in [2.45, 2.75) is 20.3 Å². The monoisotopic (exact) mass is 170 g/mol. The lowest BCUT2D eigenvalue weighted by Crippen LogP contribution is -2.23. The zero-order valence-electron chi connectivity index (χ0n) is 7.92. The molecule has 0 bridgehead atoms. The molecule has 0 aliphatic heterocycles. The molecule has 0 aliphatic carbocycles. The Morgan fingerprint density at radius 1 is 1.33 bits per heavy atom. The summed E-state index contributed by atoms with van der Waals surface area (Å²) in [5, 5.41) is 5.32. The highest BCUT2D eigenvalue weighted by molar-refractivity contribution is 6.64. The number of hydrogen-bond donors (Lipinski definition) is 0. The van der Waals surface area contributed by atoms with Gasteiger partial charge in [0.05, 0.1) is 0 Å². The van der Waals surface area contributed by atoms with Crippen molar-refractivity contribution in [2.75, 3.05) is 14.1 Å². The topological polar surface area (TPSA) is 49.7 Å². The van der Waals surface area contributed by atoms with Crippen molar-refractivity contribution in [1.29, 1.82) is 0 Å². The number of rotatable bonds is 4. The smallest absolute Gasteiger partial charge is 0.244 e. The fourth-order valence-corrected chi connectivity index (χ4v) is 0.708. The quantitative estimate of drug-likeness (QED) is 0.350. The Morgan fingerprint density at radius 2 is 1.83 bits per heavy atom. The lowest BCUT2D eigenvalue weighted by Gasteiger charge is -2.04. The van der Waals surface area contributed by atoms with Crippen molar-refractivity contribution >= 4 is 17.3 Å². The molecule has 0 fully saturated rings. The second kappa shape index (κ2) is 4.64. The van der Waals surface area contributed by atoms with E-state index in [0.717, 1.165) is 0 Å². The molecule has 0 aromatic heterocycles. The Bertz CT molecular complexity index is 219. The molecular weight excluding hydrogens is 156 g/mol. The van der Waals surface area contributed by atoms with Crippen LogP contribution in [0.25, 0.3) is 0 Å². The Balaban J connectivity index is 4.39. The average molecular weight is 170 g/mol. The molecule has 12 heavy (non-hydrogen) atoms. The third-order valence-electron chi connectivity index (χ3n) is 1.25. The summed E-state index contributed by atoms with van der Waals surface area (Å²) in [6.07, 6.45) is 0.235. The van der Waals surface area contributed by atoms with Gasteiger partial charge < -0.3 is 5.01 Å². The molecule has 4 heteroatoms. The van der Waals surface area contributed by atoms with Crippen molar-refractivity contribution in [1.82, 2.24) is 5.01 Å². The fraction of sp³-hybridized carbons (Fsp3) is 0.625. The molecule has 0 saturated heterocycles. The van der Waals surface area contributed by atoms with Gasteiger partial charge >= 0.3 is 0 Å². The largest absolute Gasteiger partial charge is 0.303 e. The van der Waals surface area contributed by atoms with Crippen LogP contribution in [0.4, 0.5) is 0 Å². The number of carbonyl (C=O) groups is 2. The molecule has 0 amide bonds. The summed E-state index contributed by atoms with van der Waals surface area (Å²) in [7, 11) is 3.40. The van der Waals surface area contributed by atoms with E-state index in [2.05, 4.69) is 5.10 Å². The van der Waals surface area contributed by atoms with E-state index in [-0.39, 0.29) is 12.1 Å². The predicted molar refractivity (Wildman–Crippen MR) is 47.1 cm³/mol. The van der Waals surface area contributed by atoms with Crippen molar-refractivity contribution in [3.8, 4) is 0 Å². The van der Waals surface area contributed by atoms with Crippen molar-refractivity contribution in [2.24, 2.45) is 5.10 Å². The number of carbonyl (C=O) groups excluding carboxylic acids is 2. The Morgan fingerprint density at radius 3 is 2.17 bits per heavy atom. The van der Waals surface area contributed by atoms with Crippen LogP contribution < -0.4 is 0 Å². The normalized spacial score (nSPS) is 11.2. The van der Waals surface area contributed by atoms with Gasteiger partial charge in [0.1, 0.15) is 5.71 Å². The Hall–Kier alpha value is -1.19. The average Bonchev–Trinajstić information content (AvgIpc) is 2.00. The van der Waals surface area contributed by atoms with Crippen LogP contribution in [0.3, 0.4) is 0 Å². The lowest BCUT2D eigenvalue weighted by atomic mass is 10.1. The highest BCUT2D eigenvalue weighted by Gasteiger charge is 2.14. The van der Waals surface area contributed by atoms with Gasteiger partial charge in [-0.2, -0.15) is 5.10 Å². The van der Waals surface area contributed by atoms with E-state index in [9.17, 15) is 9.59 Å². The third-order valence-corrected chi connectivity index (χ3v) is 1.25. The summed E-state index contributed by atoms with van der Waals surface area (Å²) in [5.41, 5.74) is 0.242. The van der Waals surface area contributed by atoms with Crippen LogP contribution >= 0.6 is 0 Å². The zero-order valence-corrected chi connectivity index (χ0v) is 7.92. The number of nitrogens with zero attached hydrogens (tertiary/aromatic N) is 2. The van der Waals surface area contributed by atoms with E-state index in [0.29, 0.717) is 0 Å². The van der Waals surface area contributed by atoms with Crippen LogP contribution in [0.15, 0.2) is 5.10 Å². The molecule has 0 heterocycles. The molecule has 0 aromatic rings. The van der Waals surface area contributed by atoms with Crippen molar-refractivity contribution in [3.63, 3.8) is 0 Å². The van der Waals surface area contributed by atoms with Gasteiger partial charge in [-0.05, 0) is 6.92 Å². The molecule has 0 spiro atoms. The summed E-state index contributed by atoms with van der Waals surface area (Å²) in [6.45, 7) is 3.19. The van der Waals surface area contributed by atoms with Gasteiger partial charge in [-0.1, -0.05) is 6.92 Å². The van der Waals surface area contributed by atoms with E-state index in [1.807, 2.05) is 0 Å². The molecule has 0 aliphatic rings. The molecule has 0 saturated carbocycles. The van der Waals surface area contributed by atoms with Crippen LogP contribution in [-0.4, -0.2) is 36.4 Å². The maximum atomic E-state index is 11.1. The Kier molecular flexibility index (Phi) is 4.18. The molecule has 0 unspecified atom stereocenters. The first-order chi connectivity index (χ1) is 5.49. The molecule has 68 valence electrons. The van der Waals surface area contributed by atoms with Gasteiger partial charge in [0.15, 0.2) is 0 Å². The molecule has 0 atom stereocenters. The third kappa shape index (κ3) is 3.27. The molecule has 0 radical (unpaired) electrons. The van der Waals surface area contributed by atoms with Crippen LogP contribution in [-0.2, 0) is 9.59 Å². The summed E-state index contributed by atoms with van der Waals surface area (Å²) in [6, 6.07) is 0. The number of hydrazone groups is 1. The van der Waals surface area contributed by atoms with E-state index in [1.165, 1.54) is 11.9 Å². The number of Topliss-reactive ketones (excluding diaryl/α,β-unsaturated/α-hetero) is 2. The SMILES string of the molecule is CCC(=O)C(=O)C(C)=NN(C)C. The predicted octanol–water partition coefficient (Wildman–Crippen LogP) is 0.472. The standard InChI is InChI=1S/C8H14N2O2/c1-5-7(11)8(12)6(2)9-10(3)4/h5H2,1-4H3. The molecular formula is C8H14N2O2. The van der Waals surface area contributed by atoms with E-state index in [1.54, 1.807) is 21.0 Å². The minimum atomic E-state index is -0.494. The zero-order chi connectivity index (χ0) is 9.72. The highest BCUT2D eigenvalue weighted by atomic mass is 16.2. The van der Waals surface area contributed by atoms with Gasteiger partial charge in [-0.3, -0.25) is 9.59 Å². The number of ketones is 2. The maximum absolute atomic E-state index is 11.1. The maximum Gasteiger partial charge on any atom is 0.244 e. The molecule has 0 N–H and O–H groups in total. The highest BCUT2D eigenvalue weighted by Crippen LogP contribution is 1.89. The van der Waals surface area contributed by atoms with E-state index in [4.69, 9.17) is 0 Å². The summed E-state index contributed by atoms with van der Waals surface area (Å²) >= 11 is 0. The number of hydrogen-bond acceptors (Lipinski definition) is 4. The fourth-order valence-electron chi connectivity index (χ4n) is 0.708. The van der Waals surface area contributed by atoms with Crippen molar-refractivity contribution < 1.29 is 9.59 Å². The molecule has 4 nitrogen and oxygen atoms in total. The van der Waals surface area contributed by atoms with Crippen molar-refractivity contribution in [3.05, 3.63) is 0 Å². The first kappa shape index (κ1) is 10.8. The first-order valence-corrected chi connectivity index (χ1v) is 3.79. The van der Waals surface area contributed by atoms with E-state index < -0.39 is 11.6 Å².